The van der Waals surface area contributed by atoms with Crippen molar-refractivity contribution < 1.29 is 14.0 Å². The summed E-state index contributed by atoms with van der Waals surface area (Å²) in [7, 11) is 0. The van der Waals surface area contributed by atoms with E-state index in [9.17, 15) is 9.59 Å². The fraction of sp³-hybridized carbons (Fsp3) is 0.333. The topological polar surface area (TPSA) is 62.6 Å². The van der Waals surface area contributed by atoms with Crippen LogP contribution in [0.4, 0.5) is 0 Å². The van der Waals surface area contributed by atoms with Gasteiger partial charge in [0.25, 0.3) is 0 Å². The van der Waals surface area contributed by atoms with Crippen molar-refractivity contribution >= 4 is 11.8 Å². The van der Waals surface area contributed by atoms with Crippen molar-refractivity contribution in [2.75, 3.05) is 6.54 Å². The summed E-state index contributed by atoms with van der Waals surface area (Å²) < 4.78 is 5.29. The van der Waals surface area contributed by atoms with E-state index in [0.717, 1.165) is 6.42 Å². The van der Waals surface area contributed by atoms with Crippen molar-refractivity contribution in [2.24, 2.45) is 0 Å². The van der Waals surface area contributed by atoms with Crippen LogP contribution in [0.15, 0.2) is 53.1 Å². The van der Waals surface area contributed by atoms with Crippen molar-refractivity contribution in [1.29, 1.82) is 0 Å². The zero-order valence-electron chi connectivity index (χ0n) is 12.9. The number of hydrogen-bond acceptors (Lipinski definition) is 3. The number of rotatable bonds is 6. The van der Waals surface area contributed by atoms with Crippen LogP contribution in [0.25, 0.3) is 0 Å². The maximum atomic E-state index is 12.4. The molecule has 0 radical (unpaired) electrons. The summed E-state index contributed by atoms with van der Waals surface area (Å²) in [6.45, 7) is 0.921. The zero-order chi connectivity index (χ0) is 16.1. The van der Waals surface area contributed by atoms with Crippen LogP contribution in [0.5, 0.6) is 0 Å². The Morgan fingerprint density at radius 1 is 1.22 bits per heavy atom. The summed E-state index contributed by atoms with van der Waals surface area (Å²) in [5.41, 5.74) is 1.18. The average Bonchev–Trinajstić information content (AvgIpc) is 3.20. The van der Waals surface area contributed by atoms with E-state index in [1.807, 2.05) is 36.4 Å². The second kappa shape index (κ2) is 7.13. The highest BCUT2D eigenvalue weighted by Crippen LogP contribution is 2.21. The van der Waals surface area contributed by atoms with Crippen LogP contribution in [-0.4, -0.2) is 29.3 Å². The van der Waals surface area contributed by atoms with Gasteiger partial charge in [0, 0.05) is 13.0 Å². The molecule has 0 aliphatic carbocycles. The predicted molar refractivity (Wildman–Crippen MR) is 85.4 cm³/mol. The lowest BCUT2D eigenvalue weighted by molar-refractivity contribution is -0.136. The normalized spacial score (nSPS) is 17.5. The van der Waals surface area contributed by atoms with Gasteiger partial charge in [-0.1, -0.05) is 30.3 Å². The number of nitrogens with zero attached hydrogens (tertiary/aromatic N) is 1. The van der Waals surface area contributed by atoms with E-state index >= 15 is 0 Å². The number of furan rings is 1. The Labute approximate surface area is 135 Å². The van der Waals surface area contributed by atoms with Gasteiger partial charge < -0.3 is 14.6 Å². The molecule has 0 bridgehead atoms. The monoisotopic (exact) mass is 312 g/mol. The molecule has 3 rings (SSSR count). The van der Waals surface area contributed by atoms with Crippen molar-refractivity contribution in [1.82, 2.24) is 10.2 Å². The van der Waals surface area contributed by atoms with Crippen LogP contribution in [0.3, 0.4) is 0 Å². The third kappa shape index (κ3) is 3.80. The molecule has 1 aromatic carbocycles. The van der Waals surface area contributed by atoms with Gasteiger partial charge in [0.05, 0.1) is 12.8 Å². The lowest BCUT2D eigenvalue weighted by Gasteiger charge is -2.23. The standard InChI is InChI=1S/C18H20N2O3/c21-17-9-8-16(20(17)13-15-7-4-12-23-15)18(22)19-11-10-14-5-2-1-3-6-14/h1-7,12,16H,8-11,13H2,(H,19,22). The van der Waals surface area contributed by atoms with Crippen molar-refractivity contribution in [3.63, 3.8) is 0 Å². The van der Waals surface area contributed by atoms with Crippen molar-refractivity contribution in [2.45, 2.75) is 31.8 Å². The van der Waals surface area contributed by atoms with Crippen LogP contribution < -0.4 is 5.32 Å². The lowest BCUT2D eigenvalue weighted by Crippen LogP contribution is -2.44. The molecule has 0 saturated carbocycles. The molecule has 5 nitrogen and oxygen atoms in total. The Morgan fingerprint density at radius 2 is 2.04 bits per heavy atom. The van der Waals surface area contributed by atoms with Crippen LogP contribution in [0.2, 0.25) is 0 Å². The second-order valence-corrected chi connectivity index (χ2v) is 5.68. The number of hydrogen-bond donors (Lipinski definition) is 1. The largest absolute Gasteiger partial charge is 0.467 e. The molecule has 120 valence electrons. The van der Waals surface area contributed by atoms with Crippen molar-refractivity contribution in [3.8, 4) is 0 Å². The second-order valence-electron chi connectivity index (χ2n) is 5.68. The van der Waals surface area contributed by atoms with Gasteiger partial charge in [-0.25, -0.2) is 0 Å². The van der Waals surface area contributed by atoms with E-state index in [2.05, 4.69) is 5.32 Å². The fourth-order valence-electron chi connectivity index (χ4n) is 2.87. The summed E-state index contributed by atoms with van der Waals surface area (Å²) >= 11 is 0. The highest BCUT2D eigenvalue weighted by atomic mass is 16.3. The highest BCUT2D eigenvalue weighted by molar-refractivity contribution is 5.90. The van der Waals surface area contributed by atoms with E-state index in [-0.39, 0.29) is 11.8 Å². The minimum Gasteiger partial charge on any atom is -0.467 e. The third-order valence-electron chi connectivity index (χ3n) is 4.09. The van der Waals surface area contributed by atoms with Gasteiger partial charge in [-0.3, -0.25) is 9.59 Å². The Bertz CT molecular complexity index is 652. The molecule has 0 spiro atoms. The first-order valence-corrected chi connectivity index (χ1v) is 7.87. The van der Waals surface area contributed by atoms with Crippen LogP contribution in [-0.2, 0) is 22.6 Å². The summed E-state index contributed by atoms with van der Waals surface area (Å²) in [5, 5.41) is 2.94. The molecule has 1 aromatic heterocycles. The predicted octanol–water partition coefficient (Wildman–Crippen LogP) is 2.13. The number of carbonyl (C=O) groups excluding carboxylic acids is 2. The molecule has 1 aliphatic heterocycles. The number of benzene rings is 1. The maximum Gasteiger partial charge on any atom is 0.242 e. The minimum absolute atomic E-state index is 0.00427. The fourth-order valence-corrected chi connectivity index (χ4v) is 2.87. The Kier molecular flexibility index (Phi) is 4.76. The number of carbonyl (C=O) groups is 2. The lowest BCUT2D eigenvalue weighted by atomic mass is 10.1. The average molecular weight is 312 g/mol. The first-order chi connectivity index (χ1) is 11.2. The quantitative estimate of drug-likeness (QED) is 0.889. The van der Waals surface area contributed by atoms with Gasteiger partial charge in [-0.2, -0.15) is 0 Å². The van der Waals surface area contributed by atoms with Gasteiger partial charge in [0.2, 0.25) is 11.8 Å². The van der Waals surface area contributed by atoms with E-state index in [0.29, 0.717) is 31.7 Å². The van der Waals surface area contributed by atoms with Gasteiger partial charge in [0.15, 0.2) is 0 Å². The third-order valence-corrected chi connectivity index (χ3v) is 4.09. The molecule has 1 aliphatic rings. The van der Waals surface area contributed by atoms with Gasteiger partial charge in [-0.15, -0.1) is 0 Å². The molecule has 1 N–H and O–H groups in total. The summed E-state index contributed by atoms with van der Waals surface area (Å²) in [5.74, 6) is 0.616. The van der Waals surface area contributed by atoms with E-state index in [4.69, 9.17) is 4.42 Å². The number of amides is 2. The summed E-state index contributed by atoms with van der Waals surface area (Å²) in [6, 6.07) is 13.2. The first kappa shape index (κ1) is 15.3. The molecule has 2 amide bonds. The highest BCUT2D eigenvalue weighted by Gasteiger charge is 2.36. The molecule has 1 unspecified atom stereocenters. The van der Waals surface area contributed by atoms with Crippen LogP contribution in [0.1, 0.15) is 24.2 Å². The minimum atomic E-state index is -0.400. The number of likely N-dealkylation sites (tertiary alicyclic amines) is 1. The maximum absolute atomic E-state index is 12.4. The molecule has 1 atom stereocenters. The van der Waals surface area contributed by atoms with Crippen LogP contribution >= 0.6 is 0 Å². The zero-order valence-corrected chi connectivity index (χ0v) is 12.9. The molecule has 2 aromatic rings. The molecule has 23 heavy (non-hydrogen) atoms. The Hall–Kier alpha value is -2.56. The first-order valence-electron chi connectivity index (χ1n) is 7.87. The van der Waals surface area contributed by atoms with Gasteiger partial charge in [0.1, 0.15) is 11.8 Å². The smallest absolute Gasteiger partial charge is 0.242 e. The van der Waals surface area contributed by atoms with E-state index in [1.165, 1.54) is 5.56 Å². The number of nitrogens with one attached hydrogen (secondary N) is 1. The Balaban J connectivity index is 1.54. The van der Waals surface area contributed by atoms with Gasteiger partial charge in [-0.05, 0) is 30.5 Å². The van der Waals surface area contributed by atoms with E-state index in [1.54, 1.807) is 17.2 Å². The van der Waals surface area contributed by atoms with E-state index < -0.39 is 6.04 Å². The Morgan fingerprint density at radius 3 is 2.78 bits per heavy atom. The molecule has 1 saturated heterocycles. The summed E-state index contributed by atoms with van der Waals surface area (Å²) in [4.78, 5) is 26.0. The summed E-state index contributed by atoms with van der Waals surface area (Å²) in [6.07, 6.45) is 3.34. The van der Waals surface area contributed by atoms with Gasteiger partial charge >= 0.3 is 0 Å². The molecule has 1 fully saturated rings. The molecule has 5 heteroatoms. The molecular weight excluding hydrogens is 292 g/mol. The molecular formula is C18H20N2O3. The van der Waals surface area contributed by atoms with Crippen molar-refractivity contribution in [3.05, 3.63) is 60.1 Å². The molecule has 2 heterocycles. The van der Waals surface area contributed by atoms with Crippen LogP contribution in [0, 0.1) is 0 Å². The SMILES string of the molecule is O=C(NCCc1ccccc1)C1CCC(=O)N1Cc1ccco1.